The number of benzene rings is 1. The van der Waals surface area contributed by atoms with Crippen LogP contribution >= 0.6 is 0 Å². The molecule has 0 bridgehead atoms. The summed E-state index contributed by atoms with van der Waals surface area (Å²) < 4.78 is 27.8. The van der Waals surface area contributed by atoms with E-state index < -0.39 is 10.1 Å². The van der Waals surface area contributed by atoms with Crippen molar-refractivity contribution in [3.05, 3.63) is 29.8 Å². The first-order valence-electron chi connectivity index (χ1n) is 7.75. The average molecular weight is 325 g/mol. The Morgan fingerprint density at radius 1 is 1.23 bits per heavy atom. The molecule has 22 heavy (non-hydrogen) atoms. The fourth-order valence-electron chi connectivity index (χ4n) is 2.22. The Kier molecular flexibility index (Phi) is 5.45. The summed E-state index contributed by atoms with van der Waals surface area (Å²) in [6.07, 6.45) is 3.58. The average Bonchev–Trinajstić information content (AvgIpc) is 3.31. The fourth-order valence-corrected chi connectivity index (χ4v) is 2.74. The second-order valence-electron chi connectivity index (χ2n) is 5.58. The van der Waals surface area contributed by atoms with Gasteiger partial charge in [0.05, 0.1) is 5.75 Å². The predicted octanol–water partition coefficient (Wildman–Crippen LogP) is 2.71. The van der Waals surface area contributed by atoms with Gasteiger partial charge in [0.15, 0.2) is 0 Å². The Labute approximate surface area is 132 Å². The first kappa shape index (κ1) is 16.8. The summed E-state index contributed by atoms with van der Waals surface area (Å²) in [6, 6.07) is 7.27. The molecular formula is C16H23NO4S. The molecule has 6 heteroatoms. The van der Waals surface area contributed by atoms with E-state index >= 15 is 0 Å². The summed E-state index contributed by atoms with van der Waals surface area (Å²) in [7, 11) is -3.50. The third kappa shape index (κ3) is 4.73. The number of hydrogen-bond acceptors (Lipinski definition) is 4. The first-order chi connectivity index (χ1) is 10.4. The van der Waals surface area contributed by atoms with Crippen molar-refractivity contribution >= 4 is 16.0 Å². The van der Waals surface area contributed by atoms with Gasteiger partial charge in [0.1, 0.15) is 5.75 Å². The van der Waals surface area contributed by atoms with Gasteiger partial charge in [0.25, 0.3) is 0 Å². The van der Waals surface area contributed by atoms with E-state index in [0.717, 1.165) is 24.8 Å². The Morgan fingerprint density at radius 2 is 1.86 bits per heavy atom. The molecule has 1 aliphatic rings. The van der Waals surface area contributed by atoms with Gasteiger partial charge in [-0.3, -0.25) is 4.79 Å². The summed E-state index contributed by atoms with van der Waals surface area (Å²) in [5, 5.41) is 0. The zero-order valence-corrected chi connectivity index (χ0v) is 13.9. The van der Waals surface area contributed by atoms with Gasteiger partial charge in [-0.05, 0) is 43.9 Å². The molecule has 1 aromatic rings. The highest BCUT2D eigenvalue weighted by molar-refractivity contribution is 7.87. The van der Waals surface area contributed by atoms with Crippen LogP contribution in [0.25, 0.3) is 0 Å². The minimum atomic E-state index is -3.50. The lowest BCUT2D eigenvalue weighted by atomic mass is 10.2. The molecule has 0 heterocycles. The summed E-state index contributed by atoms with van der Waals surface area (Å²) in [5.41, 5.74) is 0.984. The SMILES string of the molecule is CCCC(=O)N(Cc1ccc(OS(=O)(=O)CC)cc1)C1CC1. The molecule has 0 N–H and O–H groups in total. The zero-order chi connectivity index (χ0) is 16.2. The molecule has 0 aliphatic heterocycles. The Bertz CT molecular complexity index is 606. The zero-order valence-electron chi connectivity index (χ0n) is 13.1. The Balaban J connectivity index is 2.02. The van der Waals surface area contributed by atoms with Crippen molar-refractivity contribution in [3.63, 3.8) is 0 Å². The van der Waals surface area contributed by atoms with Crippen LogP contribution in [0.1, 0.15) is 45.1 Å². The van der Waals surface area contributed by atoms with Gasteiger partial charge in [-0.15, -0.1) is 0 Å². The number of nitrogens with zero attached hydrogens (tertiary/aromatic N) is 1. The lowest BCUT2D eigenvalue weighted by Crippen LogP contribution is -2.32. The highest BCUT2D eigenvalue weighted by Crippen LogP contribution is 2.29. The minimum Gasteiger partial charge on any atom is -0.382 e. The molecule has 0 atom stereocenters. The van der Waals surface area contributed by atoms with E-state index in [1.165, 1.54) is 6.92 Å². The quantitative estimate of drug-likeness (QED) is 0.689. The maximum Gasteiger partial charge on any atom is 0.308 e. The molecular weight excluding hydrogens is 302 g/mol. The lowest BCUT2D eigenvalue weighted by molar-refractivity contribution is -0.132. The van der Waals surface area contributed by atoms with Crippen LogP contribution in [0.5, 0.6) is 5.75 Å². The summed E-state index contributed by atoms with van der Waals surface area (Å²) in [5.74, 6) is 0.442. The van der Waals surface area contributed by atoms with Crippen LogP contribution in [0.4, 0.5) is 0 Å². The first-order valence-corrected chi connectivity index (χ1v) is 9.33. The van der Waals surface area contributed by atoms with Gasteiger partial charge in [-0.25, -0.2) is 0 Å². The van der Waals surface area contributed by atoms with Crippen molar-refractivity contribution in [1.29, 1.82) is 0 Å². The van der Waals surface area contributed by atoms with Gasteiger partial charge in [0.2, 0.25) is 5.91 Å². The topological polar surface area (TPSA) is 63.7 Å². The Hall–Kier alpha value is -1.56. The van der Waals surface area contributed by atoms with E-state index in [0.29, 0.717) is 24.8 Å². The van der Waals surface area contributed by atoms with Gasteiger partial charge >= 0.3 is 10.1 Å². The molecule has 1 aliphatic carbocycles. The van der Waals surface area contributed by atoms with Crippen molar-refractivity contribution in [1.82, 2.24) is 4.90 Å². The molecule has 1 amide bonds. The highest BCUT2D eigenvalue weighted by Gasteiger charge is 2.31. The molecule has 0 spiro atoms. The van der Waals surface area contributed by atoms with Crippen molar-refractivity contribution < 1.29 is 17.4 Å². The van der Waals surface area contributed by atoms with Crippen molar-refractivity contribution in [3.8, 4) is 5.75 Å². The third-order valence-corrected chi connectivity index (χ3v) is 4.78. The van der Waals surface area contributed by atoms with Crippen LogP contribution in [0.15, 0.2) is 24.3 Å². The maximum absolute atomic E-state index is 12.1. The number of amides is 1. The fraction of sp³-hybridized carbons (Fsp3) is 0.562. The summed E-state index contributed by atoms with van der Waals surface area (Å²) in [6.45, 7) is 4.12. The molecule has 122 valence electrons. The smallest absolute Gasteiger partial charge is 0.308 e. The number of carbonyl (C=O) groups is 1. The second kappa shape index (κ2) is 7.13. The largest absolute Gasteiger partial charge is 0.382 e. The summed E-state index contributed by atoms with van der Waals surface area (Å²) >= 11 is 0. The molecule has 1 fully saturated rings. The van der Waals surface area contributed by atoms with E-state index in [2.05, 4.69) is 0 Å². The van der Waals surface area contributed by atoms with Crippen LogP contribution in [-0.2, 0) is 21.5 Å². The van der Waals surface area contributed by atoms with E-state index in [1.807, 2.05) is 24.0 Å². The van der Waals surface area contributed by atoms with Crippen LogP contribution < -0.4 is 4.18 Å². The number of rotatable bonds is 8. The standard InChI is InChI=1S/C16H23NO4S/c1-3-5-16(18)17(14-8-9-14)12-13-6-10-15(11-7-13)21-22(19,20)4-2/h6-7,10-11,14H,3-5,8-9,12H2,1-2H3. The van der Waals surface area contributed by atoms with E-state index in [9.17, 15) is 13.2 Å². The molecule has 2 rings (SSSR count). The van der Waals surface area contributed by atoms with Crippen LogP contribution in [0.3, 0.4) is 0 Å². The predicted molar refractivity (Wildman–Crippen MR) is 85.0 cm³/mol. The minimum absolute atomic E-state index is 0.0598. The van der Waals surface area contributed by atoms with E-state index in [4.69, 9.17) is 4.18 Å². The molecule has 0 unspecified atom stereocenters. The van der Waals surface area contributed by atoms with Gasteiger partial charge < -0.3 is 9.08 Å². The van der Waals surface area contributed by atoms with Crippen molar-refractivity contribution in [2.75, 3.05) is 5.75 Å². The number of hydrogen-bond donors (Lipinski definition) is 0. The van der Waals surface area contributed by atoms with Gasteiger partial charge in [-0.1, -0.05) is 19.1 Å². The molecule has 1 aromatic carbocycles. The van der Waals surface area contributed by atoms with Crippen molar-refractivity contribution in [2.45, 2.75) is 52.1 Å². The summed E-state index contributed by atoms with van der Waals surface area (Å²) in [4.78, 5) is 14.1. The van der Waals surface area contributed by atoms with Crippen molar-refractivity contribution in [2.24, 2.45) is 0 Å². The highest BCUT2D eigenvalue weighted by atomic mass is 32.2. The second-order valence-corrected chi connectivity index (χ2v) is 7.44. The Morgan fingerprint density at radius 3 is 2.36 bits per heavy atom. The van der Waals surface area contributed by atoms with Crippen LogP contribution in [-0.4, -0.2) is 31.0 Å². The molecule has 0 saturated heterocycles. The normalized spacial score (nSPS) is 14.6. The molecule has 1 saturated carbocycles. The lowest BCUT2D eigenvalue weighted by Gasteiger charge is -2.22. The van der Waals surface area contributed by atoms with Crippen LogP contribution in [0.2, 0.25) is 0 Å². The van der Waals surface area contributed by atoms with Gasteiger partial charge in [-0.2, -0.15) is 8.42 Å². The molecule has 0 aromatic heterocycles. The molecule has 5 nitrogen and oxygen atoms in total. The van der Waals surface area contributed by atoms with E-state index in [-0.39, 0.29) is 11.7 Å². The third-order valence-electron chi connectivity index (χ3n) is 3.62. The van der Waals surface area contributed by atoms with Crippen LogP contribution in [0, 0.1) is 0 Å². The monoisotopic (exact) mass is 325 g/mol. The number of carbonyl (C=O) groups excluding carboxylic acids is 1. The maximum atomic E-state index is 12.1. The van der Waals surface area contributed by atoms with Gasteiger partial charge in [0, 0.05) is 19.0 Å². The van der Waals surface area contributed by atoms with E-state index in [1.54, 1.807) is 12.1 Å². The molecule has 0 radical (unpaired) electrons.